The first-order chi connectivity index (χ1) is 20.3. The molecule has 0 heterocycles. The van der Waals surface area contributed by atoms with Gasteiger partial charge in [0.2, 0.25) is 0 Å². The molecule has 0 spiro atoms. The zero-order valence-electron chi connectivity index (χ0n) is 26.8. The minimum atomic E-state index is -1.25. The van der Waals surface area contributed by atoms with Crippen LogP contribution in [0, 0.1) is 0 Å². The molecule has 0 radical (unpaired) electrons. The minimum Gasteiger partial charge on any atom is -0.872 e. The summed E-state index contributed by atoms with van der Waals surface area (Å²) in [4.78, 5) is 22.1. The first kappa shape index (κ1) is 41.2. The quantitative estimate of drug-likeness (QED) is 0.101. The number of unbranched alkanes of at least 4 members (excludes halogenated alkanes) is 16. The second-order valence-corrected chi connectivity index (χ2v) is 11.4. The van der Waals surface area contributed by atoms with Gasteiger partial charge in [0.25, 0.3) is 0 Å². The number of benzene rings is 2. The van der Waals surface area contributed by atoms with Gasteiger partial charge in [-0.25, -0.2) is 4.79 Å². The largest absolute Gasteiger partial charge is 2.00 e. The van der Waals surface area contributed by atoms with Crippen LogP contribution in [-0.2, 0) is 12.8 Å². The molecule has 6 nitrogen and oxygen atoms in total. The van der Waals surface area contributed by atoms with Gasteiger partial charge in [0.1, 0.15) is 5.75 Å². The maximum atomic E-state index is 11.2. The van der Waals surface area contributed by atoms with Crippen molar-refractivity contribution in [2.24, 2.45) is 0 Å². The summed E-state index contributed by atoms with van der Waals surface area (Å²) in [5.41, 5.74) is 1.83. The predicted octanol–water partition coefficient (Wildman–Crippen LogP) is 7.98. The summed E-state index contributed by atoms with van der Waals surface area (Å²) < 4.78 is 0. The smallest absolute Gasteiger partial charge is 0.872 e. The number of phenolic OH excluding ortho intramolecular Hbond substituents is 1. The van der Waals surface area contributed by atoms with Crippen molar-refractivity contribution < 1.29 is 30.0 Å². The van der Waals surface area contributed by atoms with Crippen molar-refractivity contribution in [3.05, 3.63) is 58.7 Å². The molecule has 0 fully saturated rings. The molecule has 0 atom stereocenters. The summed E-state index contributed by atoms with van der Waals surface area (Å²) in [5, 5.41) is 40.6. The van der Waals surface area contributed by atoms with E-state index in [0.717, 1.165) is 43.2 Å². The molecule has 7 heteroatoms. The Morgan fingerprint density at radius 2 is 1.00 bits per heavy atom. The van der Waals surface area contributed by atoms with Crippen LogP contribution in [-0.4, -0.2) is 59.9 Å². The Labute approximate surface area is 290 Å². The van der Waals surface area contributed by atoms with Crippen molar-refractivity contribution in [2.75, 3.05) is 0 Å². The van der Waals surface area contributed by atoms with Crippen molar-refractivity contribution >= 4 is 49.7 Å². The van der Waals surface area contributed by atoms with Crippen LogP contribution in [0.25, 0.3) is 0 Å². The number of carbonyl (C=O) groups excluding carboxylic acids is 1. The fourth-order valence-electron chi connectivity index (χ4n) is 5.20. The number of carboxylic acids is 2. The number of carbonyl (C=O) groups is 2. The molecule has 0 aliphatic heterocycles. The van der Waals surface area contributed by atoms with E-state index < -0.39 is 11.9 Å². The van der Waals surface area contributed by atoms with Crippen molar-refractivity contribution in [1.29, 1.82) is 0 Å². The molecule has 0 aromatic heterocycles. The third-order valence-electron chi connectivity index (χ3n) is 7.72. The van der Waals surface area contributed by atoms with Crippen molar-refractivity contribution in [1.82, 2.24) is 0 Å². The topological polar surface area (TPSA) is 121 Å². The van der Waals surface area contributed by atoms with Gasteiger partial charge in [-0.2, -0.15) is 0 Å². The molecule has 0 amide bonds. The van der Waals surface area contributed by atoms with Crippen LogP contribution >= 0.6 is 0 Å². The van der Waals surface area contributed by atoms with E-state index in [-0.39, 0.29) is 60.4 Å². The van der Waals surface area contributed by atoms with E-state index in [1.54, 1.807) is 18.2 Å². The Hall–Kier alpha value is -1.76. The average molecular weight is 623 g/mol. The predicted molar refractivity (Wildman–Crippen MR) is 173 cm³/mol. The Morgan fingerprint density at radius 1 is 0.605 bits per heavy atom. The maximum Gasteiger partial charge on any atom is 2.00 e. The summed E-state index contributed by atoms with van der Waals surface area (Å²) >= 11 is 0. The van der Waals surface area contributed by atoms with Crippen molar-refractivity contribution in [2.45, 2.75) is 142 Å². The van der Waals surface area contributed by atoms with Crippen LogP contribution in [0.1, 0.15) is 161 Å². The minimum absolute atomic E-state index is 0. The number of hydrogen-bond acceptors (Lipinski definition) is 5. The van der Waals surface area contributed by atoms with Crippen LogP contribution in [0.15, 0.2) is 36.4 Å². The van der Waals surface area contributed by atoms with Gasteiger partial charge in [0.15, 0.2) is 0 Å². The van der Waals surface area contributed by atoms with Crippen LogP contribution in [0.3, 0.4) is 0 Å². The van der Waals surface area contributed by atoms with Crippen LogP contribution in [0.5, 0.6) is 11.5 Å². The standard InChI is InChI=1S/2C18H28O3.Ca/c2*1-2-3-4-5-6-7-8-9-10-11-15-12-13-16(19)14-17(15)18(20)21;/h2*12-14,19H,2-11H2,1H3,(H,20,21);/q;;+2/p-2. The van der Waals surface area contributed by atoms with Gasteiger partial charge in [-0.1, -0.05) is 141 Å². The van der Waals surface area contributed by atoms with Crippen LogP contribution in [0.4, 0.5) is 0 Å². The zero-order chi connectivity index (χ0) is 31.0. The van der Waals surface area contributed by atoms with Gasteiger partial charge in [-0.15, -0.1) is 5.75 Å². The fraction of sp³-hybridized carbons (Fsp3) is 0.611. The Morgan fingerprint density at radius 3 is 1.42 bits per heavy atom. The van der Waals surface area contributed by atoms with Crippen LogP contribution < -0.4 is 10.2 Å². The summed E-state index contributed by atoms with van der Waals surface area (Å²) in [6.07, 6.45) is 23.9. The normalized spacial score (nSPS) is 10.5. The number of aromatic carboxylic acids is 2. The molecule has 0 bridgehead atoms. The molecule has 43 heavy (non-hydrogen) atoms. The van der Waals surface area contributed by atoms with E-state index in [4.69, 9.17) is 5.11 Å². The first-order valence-corrected chi connectivity index (χ1v) is 16.4. The molecular weight excluding hydrogens is 568 g/mol. The van der Waals surface area contributed by atoms with Gasteiger partial charge in [0.05, 0.1) is 11.5 Å². The molecule has 0 saturated carbocycles. The molecule has 0 aliphatic carbocycles. The van der Waals surface area contributed by atoms with Gasteiger partial charge >= 0.3 is 43.7 Å². The molecule has 236 valence electrons. The van der Waals surface area contributed by atoms with E-state index in [1.807, 2.05) is 0 Å². The summed E-state index contributed by atoms with van der Waals surface area (Å²) in [5.74, 6) is -2.47. The second kappa shape index (κ2) is 26.6. The SMILES string of the molecule is CCCCCCCCCCCc1ccc(O)cc1C(=O)O.CCCCCCCCCCCc1ccc([O-])cc1C(=O)[O-].[Ca+2]. The van der Waals surface area contributed by atoms with E-state index in [9.17, 15) is 24.9 Å². The molecule has 0 aliphatic rings. The van der Waals surface area contributed by atoms with Gasteiger partial charge in [-0.05, 0) is 54.5 Å². The third-order valence-corrected chi connectivity index (χ3v) is 7.72. The Kier molecular flexibility index (Phi) is 25.5. The molecule has 2 N–H and O–H groups in total. The number of aromatic hydroxyl groups is 1. The number of carboxylic acid groups (broad SMARTS) is 2. The monoisotopic (exact) mass is 622 g/mol. The maximum absolute atomic E-state index is 11.2. The molecule has 2 rings (SSSR count). The number of hydrogen-bond donors (Lipinski definition) is 2. The summed E-state index contributed by atoms with van der Waals surface area (Å²) in [6.45, 7) is 4.45. The second-order valence-electron chi connectivity index (χ2n) is 11.4. The van der Waals surface area contributed by atoms with Gasteiger partial charge in [-0.3, -0.25) is 0 Å². The van der Waals surface area contributed by atoms with Gasteiger partial charge in [0, 0.05) is 0 Å². The Balaban J connectivity index is 0.000000802. The number of rotatable bonds is 22. The molecule has 0 unspecified atom stereocenters. The fourth-order valence-corrected chi connectivity index (χ4v) is 5.20. The zero-order valence-corrected chi connectivity index (χ0v) is 29.0. The van der Waals surface area contributed by atoms with E-state index in [2.05, 4.69) is 13.8 Å². The van der Waals surface area contributed by atoms with Crippen LogP contribution in [0.2, 0.25) is 0 Å². The number of phenols is 1. The van der Waals surface area contributed by atoms with E-state index in [0.29, 0.717) is 6.42 Å². The van der Waals surface area contributed by atoms with E-state index >= 15 is 0 Å². The molecule has 2 aromatic rings. The average Bonchev–Trinajstić information content (AvgIpc) is 2.97. The van der Waals surface area contributed by atoms with Crippen molar-refractivity contribution in [3.8, 4) is 11.5 Å². The molecular formula is C36H54CaO6. The Bertz CT molecular complexity index is 941. The molecule has 0 saturated heterocycles. The van der Waals surface area contributed by atoms with Gasteiger partial charge < -0.3 is 25.2 Å². The first-order valence-electron chi connectivity index (χ1n) is 16.4. The third kappa shape index (κ3) is 20.0. The van der Waals surface area contributed by atoms with Crippen molar-refractivity contribution in [3.63, 3.8) is 0 Å². The summed E-state index contributed by atoms with van der Waals surface area (Å²) in [7, 11) is 0. The molecule has 2 aromatic carbocycles. The summed E-state index contributed by atoms with van der Waals surface area (Å²) in [6, 6.07) is 8.84. The van der Waals surface area contributed by atoms with E-state index in [1.165, 1.54) is 108 Å². The number of aryl methyl sites for hydroxylation is 2.